The standard InChI is InChI=1S/C15H20FNO2/c1-17(7-8-19-11-12-5-6-12)10-15(18)13-3-2-4-14(16)9-13/h2-4,9,12H,5-8,10-11H2,1H3. The maximum absolute atomic E-state index is 13.0. The molecule has 1 aliphatic rings. The largest absolute Gasteiger partial charge is 0.380 e. The van der Waals surface area contributed by atoms with Gasteiger partial charge in [-0.15, -0.1) is 0 Å². The molecule has 1 aliphatic carbocycles. The fourth-order valence-electron chi connectivity index (χ4n) is 1.83. The number of likely N-dealkylation sites (N-methyl/N-ethyl adjacent to an activating group) is 1. The molecule has 0 saturated heterocycles. The molecule has 0 aromatic heterocycles. The summed E-state index contributed by atoms with van der Waals surface area (Å²) in [5.41, 5.74) is 0.422. The highest BCUT2D eigenvalue weighted by molar-refractivity contribution is 5.97. The Morgan fingerprint density at radius 2 is 2.26 bits per heavy atom. The van der Waals surface area contributed by atoms with Crippen molar-refractivity contribution >= 4 is 5.78 Å². The third-order valence-electron chi connectivity index (χ3n) is 3.23. The minimum Gasteiger partial charge on any atom is -0.380 e. The number of halogens is 1. The molecule has 0 radical (unpaired) electrons. The third-order valence-corrected chi connectivity index (χ3v) is 3.23. The number of hydrogen-bond acceptors (Lipinski definition) is 3. The van der Waals surface area contributed by atoms with Crippen molar-refractivity contribution < 1.29 is 13.9 Å². The second-order valence-corrected chi connectivity index (χ2v) is 5.19. The van der Waals surface area contributed by atoms with Crippen LogP contribution in [-0.4, -0.2) is 44.0 Å². The summed E-state index contributed by atoms with van der Waals surface area (Å²) >= 11 is 0. The lowest BCUT2D eigenvalue weighted by atomic mass is 10.1. The molecule has 0 amide bonds. The molecule has 0 unspecified atom stereocenters. The molecular weight excluding hydrogens is 245 g/mol. The quantitative estimate of drug-likeness (QED) is 0.534. The van der Waals surface area contributed by atoms with Gasteiger partial charge in [-0.1, -0.05) is 12.1 Å². The van der Waals surface area contributed by atoms with Gasteiger partial charge in [0.15, 0.2) is 5.78 Å². The van der Waals surface area contributed by atoms with Crippen molar-refractivity contribution in [2.45, 2.75) is 12.8 Å². The Hall–Kier alpha value is -1.26. The topological polar surface area (TPSA) is 29.5 Å². The summed E-state index contributed by atoms with van der Waals surface area (Å²) in [4.78, 5) is 13.8. The van der Waals surface area contributed by atoms with Crippen molar-refractivity contribution in [3.05, 3.63) is 35.6 Å². The average molecular weight is 265 g/mol. The third kappa shape index (κ3) is 5.09. The van der Waals surface area contributed by atoms with Gasteiger partial charge in [-0.25, -0.2) is 4.39 Å². The number of hydrogen-bond donors (Lipinski definition) is 0. The number of carbonyl (C=O) groups is 1. The van der Waals surface area contributed by atoms with Crippen molar-refractivity contribution in [2.75, 3.05) is 33.4 Å². The van der Waals surface area contributed by atoms with E-state index in [1.165, 1.54) is 25.0 Å². The van der Waals surface area contributed by atoms with Crippen molar-refractivity contribution in [3.8, 4) is 0 Å². The first-order chi connectivity index (χ1) is 9.15. The zero-order chi connectivity index (χ0) is 13.7. The van der Waals surface area contributed by atoms with Crippen LogP contribution in [0.4, 0.5) is 4.39 Å². The Balaban J connectivity index is 1.68. The summed E-state index contributed by atoms with van der Waals surface area (Å²) in [6.45, 7) is 2.49. The van der Waals surface area contributed by atoms with Gasteiger partial charge in [-0.3, -0.25) is 9.69 Å². The van der Waals surface area contributed by atoms with Crippen LogP contribution in [-0.2, 0) is 4.74 Å². The van der Waals surface area contributed by atoms with E-state index in [9.17, 15) is 9.18 Å². The lowest BCUT2D eigenvalue weighted by Gasteiger charge is -2.15. The first-order valence-corrected chi connectivity index (χ1v) is 6.70. The van der Waals surface area contributed by atoms with Gasteiger partial charge in [0, 0.05) is 18.7 Å². The molecule has 0 spiro atoms. The minimum absolute atomic E-state index is 0.0656. The van der Waals surface area contributed by atoms with Gasteiger partial charge in [0.2, 0.25) is 0 Å². The van der Waals surface area contributed by atoms with Gasteiger partial charge >= 0.3 is 0 Å². The molecule has 104 valence electrons. The van der Waals surface area contributed by atoms with Crippen molar-refractivity contribution in [2.24, 2.45) is 5.92 Å². The first kappa shape index (κ1) is 14.2. The normalized spacial score (nSPS) is 14.9. The second-order valence-electron chi connectivity index (χ2n) is 5.19. The molecule has 0 N–H and O–H groups in total. The molecule has 4 heteroatoms. The summed E-state index contributed by atoms with van der Waals surface area (Å²) in [6.07, 6.45) is 2.57. The molecule has 3 nitrogen and oxygen atoms in total. The van der Waals surface area contributed by atoms with Gasteiger partial charge < -0.3 is 4.74 Å². The zero-order valence-corrected chi connectivity index (χ0v) is 11.3. The Morgan fingerprint density at radius 1 is 1.47 bits per heavy atom. The maximum atomic E-state index is 13.0. The minimum atomic E-state index is -0.374. The van der Waals surface area contributed by atoms with Crippen LogP contribution in [0.1, 0.15) is 23.2 Å². The molecule has 1 aromatic rings. The Kier molecular flexibility index (Phi) is 5.05. The second kappa shape index (κ2) is 6.78. The molecule has 1 saturated carbocycles. The van der Waals surface area contributed by atoms with Crippen molar-refractivity contribution in [1.82, 2.24) is 4.90 Å². The van der Waals surface area contributed by atoms with E-state index in [0.29, 0.717) is 18.7 Å². The molecule has 1 fully saturated rings. The van der Waals surface area contributed by atoms with Gasteiger partial charge in [0.25, 0.3) is 0 Å². The first-order valence-electron chi connectivity index (χ1n) is 6.70. The van der Waals surface area contributed by atoms with Crippen LogP contribution in [0.25, 0.3) is 0 Å². The fourth-order valence-corrected chi connectivity index (χ4v) is 1.83. The smallest absolute Gasteiger partial charge is 0.176 e. The number of rotatable bonds is 8. The number of Topliss-reactive ketones (excluding diaryl/α,β-unsaturated/α-hetero) is 1. The highest BCUT2D eigenvalue weighted by atomic mass is 19.1. The van der Waals surface area contributed by atoms with E-state index in [4.69, 9.17) is 4.74 Å². The van der Waals surface area contributed by atoms with Gasteiger partial charge in [0.05, 0.1) is 13.2 Å². The van der Waals surface area contributed by atoms with Crippen LogP contribution in [0.3, 0.4) is 0 Å². The van der Waals surface area contributed by atoms with Crippen LogP contribution in [0.5, 0.6) is 0 Å². The predicted molar refractivity (Wildman–Crippen MR) is 71.8 cm³/mol. The van der Waals surface area contributed by atoms with E-state index in [1.807, 2.05) is 11.9 Å². The maximum Gasteiger partial charge on any atom is 0.176 e. The van der Waals surface area contributed by atoms with Gasteiger partial charge in [-0.05, 0) is 37.9 Å². The number of nitrogens with zero attached hydrogens (tertiary/aromatic N) is 1. The molecule has 0 heterocycles. The lowest BCUT2D eigenvalue weighted by Crippen LogP contribution is -2.29. The number of benzene rings is 1. The molecule has 0 aliphatic heterocycles. The van der Waals surface area contributed by atoms with Crippen LogP contribution in [0.2, 0.25) is 0 Å². The zero-order valence-electron chi connectivity index (χ0n) is 11.3. The number of carbonyl (C=O) groups excluding carboxylic acids is 1. The molecule has 1 aromatic carbocycles. The summed E-state index contributed by atoms with van der Waals surface area (Å²) in [7, 11) is 1.87. The van der Waals surface area contributed by atoms with E-state index in [0.717, 1.165) is 12.5 Å². The molecule has 0 bridgehead atoms. The Labute approximate surface area is 113 Å². The molecule has 2 rings (SSSR count). The van der Waals surface area contributed by atoms with E-state index >= 15 is 0 Å². The van der Waals surface area contributed by atoms with Gasteiger partial charge in [0.1, 0.15) is 5.82 Å². The van der Waals surface area contributed by atoms with E-state index in [1.54, 1.807) is 12.1 Å². The Bertz CT molecular complexity index is 432. The van der Waals surface area contributed by atoms with Crippen molar-refractivity contribution in [3.63, 3.8) is 0 Å². The van der Waals surface area contributed by atoms with E-state index in [-0.39, 0.29) is 18.1 Å². The van der Waals surface area contributed by atoms with Crippen LogP contribution < -0.4 is 0 Å². The highest BCUT2D eigenvalue weighted by Crippen LogP contribution is 2.28. The SMILES string of the molecule is CN(CCOCC1CC1)CC(=O)c1cccc(F)c1. The Morgan fingerprint density at radius 3 is 2.95 bits per heavy atom. The molecular formula is C15H20FNO2. The fraction of sp³-hybridized carbons (Fsp3) is 0.533. The van der Waals surface area contributed by atoms with Crippen molar-refractivity contribution in [1.29, 1.82) is 0 Å². The van der Waals surface area contributed by atoms with Crippen LogP contribution in [0, 0.1) is 11.7 Å². The number of ether oxygens (including phenoxy) is 1. The van der Waals surface area contributed by atoms with Gasteiger partial charge in [-0.2, -0.15) is 0 Å². The lowest BCUT2D eigenvalue weighted by molar-refractivity contribution is 0.0860. The summed E-state index contributed by atoms with van der Waals surface area (Å²) in [5, 5.41) is 0. The van der Waals surface area contributed by atoms with Crippen LogP contribution in [0.15, 0.2) is 24.3 Å². The van der Waals surface area contributed by atoms with E-state index in [2.05, 4.69) is 0 Å². The van der Waals surface area contributed by atoms with E-state index < -0.39 is 0 Å². The number of ketones is 1. The van der Waals surface area contributed by atoms with Crippen LogP contribution >= 0.6 is 0 Å². The summed E-state index contributed by atoms with van der Waals surface area (Å²) < 4.78 is 18.5. The summed E-state index contributed by atoms with van der Waals surface area (Å²) in [6, 6.07) is 5.82. The monoisotopic (exact) mass is 265 g/mol. The average Bonchev–Trinajstić information content (AvgIpc) is 3.18. The highest BCUT2D eigenvalue weighted by Gasteiger charge is 2.21. The summed E-state index contributed by atoms with van der Waals surface area (Å²) in [5.74, 6) is 0.324. The molecule has 0 atom stereocenters. The molecule has 19 heavy (non-hydrogen) atoms. The predicted octanol–water partition coefficient (Wildman–Crippen LogP) is 2.37.